The summed E-state index contributed by atoms with van der Waals surface area (Å²) in [6.45, 7) is 0. The van der Waals surface area contributed by atoms with E-state index < -0.39 is 0 Å². The van der Waals surface area contributed by atoms with Gasteiger partial charge in [-0.2, -0.15) is 0 Å². The van der Waals surface area contributed by atoms with Gasteiger partial charge in [-0.05, 0) is 11.1 Å². The molecule has 0 unspecified atom stereocenters. The van der Waals surface area contributed by atoms with Crippen LogP contribution in [0.3, 0.4) is 0 Å². The van der Waals surface area contributed by atoms with Gasteiger partial charge in [0.1, 0.15) is 0 Å². The lowest BCUT2D eigenvalue weighted by Crippen LogP contribution is -2.14. The highest BCUT2D eigenvalue weighted by molar-refractivity contribution is 7.99. The lowest BCUT2D eigenvalue weighted by molar-refractivity contribution is -0.113. The average molecular weight is 352 g/mol. The number of amides is 1. The van der Waals surface area contributed by atoms with Crippen molar-refractivity contribution in [2.75, 3.05) is 11.1 Å². The fourth-order valence-corrected chi connectivity index (χ4v) is 4.61. The average Bonchev–Trinajstić information content (AvgIpc) is 3.13. The fourth-order valence-electron chi connectivity index (χ4n) is 2.81. The molecule has 0 saturated heterocycles. The minimum Gasteiger partial charge on any atom is -0.301 e. The molecular weight excluding hydrogens is 336 g/mol. The van der Waals surface area contributed by atoms with Crippen molar-refractivity contribution in [3.63, 3.8) is 0 Å². The number of nitrogens with one attached hydrogen (secondary N) is 1. The van der Waals surface area contributed by atoms with Gasteiger partial charge in [0.05, 0.1) is 11.4 Å². The van der Waals surface area contributed by atoms with Gasteiger partial charge < -0.3 is 5.32 Å². The van der Waals surface area contributed by atoms with Crippen molar-refractivity contribution >= 4 is 34.1 Å². The number of hydrogen-bond donors (Lipinski definition) is 1. The van der Waals surface area contributed by atoms with Crippen LogP contribution < -0.4 is 5.32 Å². The van der Waals surface area contributed by atoms with Crippen molar-refractivity contribution in [3.8, 4) is 11.3 Å². The molecule has 1 amide bonds. The third-order valence-corrected chi connectivity index (χ3v) is 5.89. The van der Waals surface area contributed by atoms with E-state index in [1.165, 1.54) is 21.6 Å². The van der Waals surface area contributed by atoms with E-state index in [9.17, 15) is 4.79 Å². The fraction of sp³-hybridized carbons (Fsp3) is 0.158. The number of nitrogens with zero attached hydrogens (tertiary/aromatic N) is 1. The summed E-state index contributed by atoms with van der Waals surface area (Å²) >= 11 is 3.20. The second-order valence-electron chi connectivity index (χ2n) is 5.65. The van der Waals surface area contributed by atoms with Gasteiger partial charge in [0.25, 0.3) is 0 Å². The summed E-state index contributed by atoms with van der Waals surface area (Å²) in [6, 6.07) is 18.5. The van der Waals surface area contributed by atoms with Crippen molar-refractivity contribution in [1.82, 2.24) is 4.98 Å². The highest BCUT2D eigenvalue weighted by Gasteiger charge is 2.23. The molecule has 0 atom stereocenters. The molecule has 1 aliphatic rings. The highest BCUT2D eigenvalue weighted by Crippen LogP contribution is 2.40. The van der Waals surface area contributed by atoms with Crippen LogP contribution in [0, 0.1) is 0 Å². The molecule has 1 heterocycles. The van der Waals surface area contributed by atoms with E-state index in [1.54, 1.807) is 23.1 Å². The molecule has 3 aromatic rings. The van der Waals surface area contributed by atoms with Gasteiger partial charge in [-0.1, -0.05) is 54.6 Å². The number of carbonyl (C=O) groups is 1. The number of fused-ring (bicyclic) bond motifs is 3. The maximum Gasteiger partial charge on any atom is 0.236 e. The lowest BCUT2D eigenvalue weighted by Gasteiger charge is -2.03. The number of hydrogen-bond acceptors (Lipinski definition) is 4. The van der Waals surface area contributed by atoms with Crippen LogP contribution in [0.2, 0.25) is 0 Å². The first kappa shape index (κ1) is 15.4. The molecule has 24 heavy (non-hydrogen) atoms. The van der Waals surface area contributed by atoms with Crippen LogP contribution >= 0.6 is 23.1 Å². The van der Waals surface area contributed by atoms with Gasteiger partial charge in [0.2, 0.25) is 5.91 Å². The SMILES string of the molecule is O=C(CSCc1ccccc1)Nc1nc2c(s1)Cc1ccccc1-2. The Morgan fingerprint density at radius 3 is 2.79 bits per heavy atom. The van der Waals surface area contributed by atoms with Gasteiger partial charge in [-0.25, -0.2) is 4.98 Å². The number of aromatic nitrogens is 1. The van der Waals surface area contributed by atoms with Crippen molar-refractivity contribution in [3.05, 3.63) is 70.6 Å². The van der Waals surface area contributed by atoms with Crippen molar-refractivity contribution in [1.29, 1.82) is 0 Å². The Hall–Kier alpha value is -2.11. The van der Waals surface area contributed by atoms with Crippen LogP contribution in [-0.4, -0.2) is 16.6 Å². The predicted molar refractivity (Wildman–Crippen MR) is 102 cm³/mol. The molecule has 5 heteroatoms. The molecule has 1 aliphatic carbocycles. The van der Waals surface area contributed by atoms with Crippen LogP contribution in [0.1, 0.15) is 16.0 Å². The zero-order valence-corrected chi connectivity index (χ0v) is 14.6. The summed E-state index contributed by atoms with van der Waals surface area (Å²) in [4.78, 5) is 18.0. The summed E-state index contributed by atoms with van der Waals surface area (Å²) in [5.41, 5.74) is 4.79. The molecule has 1 N–H and O–H groups in total. The zero-order valence-electron chi connectivity index (χ0n) is 13.0. The van der Waals surface area contributed by atoms with E-state index in [1.807, 2.05) is 24.3 Å². The number of thioether (sulfide) groups is 1. The maximum atomic E-state index is 12.1. The number of benzene rings is 2. The molecule has 1 aromatic heterocycles. The summed E-state index contributed by atoms with van der Waals surface area (Å²) < 4.78 is 0. The first-order valence-electron chi connectivity index (χ1n) is 7.79. The first-order valence-corrected chi connectivity index (χ1v) is 9.76. The van der Waals surface area contributed by atoms with Crippen LogP contribution in [0.15, 0.2) is 54.6 Å². The van der Waals surface area contributed by atoms with E-state index in [4.69, 9.17) is 0 Å². The Morgan fingerprint density at radius 2 is 1.92 bits per heavy atom. The minimum atomic E-state index is 0.0108. The zero-order chi connectivity index (χ0) is 16.4. The summed E-state index contributed by atoms with van der Waals surface area (Å²) in [5.74, 6) is 1.29. The number of thiazole rings is 1. The van der Waals surface area contributed by atoms with Crippen molar-refractivity contribution in [2.24, 2.45) is 0 Å². The third kappa shape index (κ3) is 3.23. The normalized spacial score (nSPS) is 11.8. The number of carbonyl (C=O) groups excluding carboxylic acids is 1. The Labute approximate surface area is 149 Å². The Bertz CT molecular complexity index is 874. The molecule has 0 saturated carbocycles. The summed E-state index contributed by atoms with van der Waals surface area (Å²) in [7, 11) is 0. The van der Waals surface area contributed by atoms with Crippen LogP contribution in [0.4, 0.5) is 5.13 Å². The molecule has 0 aliphatic heterocycles. The van der Waals surface area contributed by atoms with Gasteiger partial charge in [0.15, 0.2) is 5.13 Å². The van der Waals surface area contributed by atoms with Crippen molar-refractivity contribution < 1.29 is 4.79 Å². The molecule has 2 aromatic carbocycles. The largest absolute Gasteiger partial charge is 0.301 e. The summed E-state index contributed by atoms with van der Waals surface area (Å²) in [5, 5.41) is 3.64. The Balaban J connectivity index is 1.35. The van der Waals surface area contributed by atoms with E-state index in [0.29, 0.717) is 10.9 Å². The molecule has 3 nitrogen and oxygen atoms in total. The van der Waals surface area contributed by atoms with E-state index in [2.05, 4.69) is 40.6 Å². The lowest BCUT2D eigenvalue weighted by atomic mass is 10.1. The molecule has 0 bridgehead atoms. The first-order chi connectivity index (χ1) is 11.8. The standard InChI is InChI=1S/C19H16N2OS2/c22-17(12-23-11-13-6-2-1-3-7-13)20-19-21-18-15-9-5-4-8-14(15)10-16(18)24-19/h1-9H,10-12H2,(H,20,21,22). The monoisotopic (exact) mass is 352 g/mol. The quantitative estimate of drug-likeness (QED) is 0.571. The van der Waals surface area contributed by atoms with Crippen LogP contribution in [-0.2, 0) is 17.0 Å². The minimum absolute atomic E-state index is 0.0108. The Kier molecular flexibility index (Phi) is 4.36. The second-order valence-corrected chi connectivity index (χ2v) is 7.72. The molecule has 0 fully saturated rings. The maximum absolute atomic E-state index is 12.1. The van der Waals surface area contributed by atoms with Gasteiger partial charge >= 0.3 is 0 Å². The third-order valence-electron chi connectivity index (χ3n) is 3.91. The molecular formula is C19H16N2OS2. The van der Waals surface area contributed by atoms with Crippen LogP contribution in [0.5, 0.6) is 0 Å². The van der Waals surface area contributed by atoms with Gasteiger partial charge in [0, 0.05) is 22.6 Å². The predicted octanol–water partition coefficient (Wildman–Crippen LogP) is 4.59. The van der Waals surface area contributed by atoms with Gasteiger partial charge in [-0.3, -0.25) is 4.79 Å². The second kappa shape index (κ2) is 6.79. The van der Waals surface area contributed by atoms with Crippen LogP contribution in [0.25, 0.3) is 11.3 Å². The van der Waals surface area contributed by atoms with E-state index in [0.717, 1.165) is 17.9 Å². The smallest absolute Gasteiger partial charge is 0.236 e. The molecule has 0 radical (unpaired) electrons. The molecule has 120 valence electrons. The molecule has 4 rings (SSSR count). The number of rotatable bonds is 5. The molecule has 0 spiro atoms. The van der Waals surface area contributed by atoms with Gasteiger partial charge in [-0.15, -0.1) is 23.1 Å². The highest BCUT2D eigenvalue weighted by atomic mass is 32.2. The Morgan fingerprint density at radius 1 is 1.12 bits per heavy atom. The summed E-state index contributed by atoms with van der Waals surface area (Å²) in [6.07, 6.45) is 0.918. The van der Waals surface area contributed by atoms with E-state index >= 15 is 0 Å². The topological polar surface area (TPSA) is 42.0 Å². The van der Waals surface area contributed by atoms with Crippen molar-refractivity contribution in [2.45, 2.75) is 12.2 Å². The van der Waals surface area contributed by atoms with E-state index in [-0.39, 0.29) is 5.91 Å². The number of anilines is 1.